The molecule has 2 aromatic rings. The topological polar surface area (TPSA) is 164 Å². The first-order chi connectivity index (χ1) is 13.8. The molecule has 0 amide bonds. The molecule has 0 saturated carbocycles. The van der Waals surface area contributed by atoms with E-state index in [1.54, 1.807) is 24.3 Å². The van der Waals surface area contributed by atoms with Crippen molar-refractivity contribution in [3.63, 3.8) is 0 Å². The van der Waals surface area contributed by atoms with E-state index in [9.17, 15) is 24.0 Å². The third kappa shape index (κ3) is 4.89. The van der Waals surface area contributed by atoms with E-state index in [0.717, 1.165) is 6.07 Å². The normalized spacial score (nSPS) is 13.2. The van der Waals surface area contributed by atoms with Crippen LogP contribution in [0.3, 0.4) is 0 Å². The van der Waals surface area contributed by atoms with Crippen molar-refractivity contribution >= 4 is 29.8 Å². The van der Waals surface area contributed by atoms with Gasteiger partial charge in [-0.3, -0.25) is 0 Å². The second kappa shape index (κ2) is 9.35. The van der Waals surface area contributed by atoms with Gasteiger partial charge in [-0.05, 0) is 30.3 Å². The lowest BCUT2D eigenvalue weighted by Gasteiger charge is -1.94. The highest BCUT2D eigenvalue weighted by Gasteiger charge is 2.30. The van der Waals surface area contributed by atoms with Crippen LogP contribution in [0, 0.1) is 0 Å². The van der Waals surface area contributed by atoms with Crippen LogP contribution in [0.15, 0.2) is 42.5 Å². The van der Waals surface area contributed by atoms with Gasteiger partial charge in [0.1, 0.15) is 0 Å². The van der Waals surface area contributed by atoms with E-state index in [4.69, 9.17) is 15.3 Å². The first-order valence-corrected chi connectivity index (χ1v) is 8.01. The highest BCUT2D eigenvalue weighted by atomic mass is 16.6. The number of ether oxygens (including phenoxy) is 2. The van der Waals surface area contributed by atoms with Gasteiger partial charge in [0.2, 0.25) is 0 Å². The van der Waals surface area contributed by atoms with Crippen molar-refractivity contribution in [1.82, 2.24) is 0 Å². The maximum atomic E-state index is 11.0. The number of aliphatic hydroxyl groups is 2. The summed E-state index contributed by atoms with van der Waals surface area (Å²) in [5.41, 5.74) is 0.792. The van der Waals surface area contributed by atoms with Crippen LogP contribution in [0.2, 0.25) is 0 Å². The van der Waals surface area contributed by atoms with Crippen LogP contribution in [0.25, 0.3) is 0 Å². The number of carboxylic acids is 1. The van der Waals surface area contributed by atoms with E-state index in [2.05, 4.69) is 9.47 Å². The number of carbonyl (C=O) groups excluding carboxylic acids is 4. The van der Waals surface area contributed by atoms with Gasteiger partial charge in [-0.15, -0.1) is 0 Å². The molecule has 0 aromatic heterocycles. The molecule has 2 aliphatic rings. The van der Waals surface area contributed by atoms with Gasteiger partial charge in [-0.2, -0.15) is 0 Å². The number of hydrogen-bond acceptors (Lipinski definition) is 9. The molecule has 0 saturated heterocycles. The molecule has 4 rings (SSSR count). The van der Waals surface area contributed by atoms with Crippen LogP contribution in [-0.2, 0) is 9.47 Å². The fraction of sp³-hybridized carbons (Fsp3) is 0.105. The molecule has 0 spiro atoms. The third-order valence-corrected chi connectivity index (χ3v) is 3.54. The summed E-state index contributed by atoms with van der Waals surface area (Å²) in [6, 6.07) is 10.2. The maximum absolute atomic E-state index is 11.0. The number of hydrogen-bond donors (Lipinski definition) is 3. The average molecular weight is 402 g/mol. The molecule has 0 radical (unpaired) electrons. The molecule has 2 aliphatic heterocycles. The molecule has 10 heteroatoms. The van der Waals surface area contributed by atoms with Crippen molar-refractivity contribution in [1.29, 1.82) is 0 Å². The summed E-state index contributed by atoms with van der Waals surface area (Å²) in [4.78, 5) is 54.2. The first-order valence-electron chi connectivity index (χ1n) is 8.01. The van der Waals surface area contributed by atoms with E-state index in [-0.39, 0.29) is 29.9 Å². The zero-order chi connectivity index (χ0) is 21.6. The number of fused-ring (bicyclic) bond motifs is 2. The second-order valence-corrected chi connectivity index (χ2v) is 5.41. The summed E-state index contributed by atoms with van der Waals surface area (Å²) in [6.07, 6.45) is 0. The molecular formula is C19H14O10. The molecule has 29 heavy (non-hydrogen) atoms. The number of benzene rings is 2. The quantitative estimate of drug-likeness (QED) is 0.480. The summed E-state index contributed by atoms with van der Waals surface area (Å²) in [6.45, 7) is -0.250. The van der Waals surface area contributed by atoms with E-state index in [0.29, 0.717) is 11.1 Å². The third-order valence-electron chi connectivity index (χ3n) is 3.54. The maximum Gasteiger partial charge on any atom is 0.346 e. The van der Waals surface area contributed by atoms with Gasteiger partial charge < -0.3 is 24.8 Å². The Morgan fingerprint density at radius 1 is 0.690 bits per heavy atom. The Kier molecular flexibility index (Phi) is 6.90. The lowest BCUT2D eigenvalue weighted by atomic mass is 10.1. The fourth-order valence-electron chi connectivity index (χ4n) is 2.25. The minimum absolute atomic E-state index is 0.00917. The molecule has 0 bridgehead atoms. The number of aliphatic hydroxyl groups excluding tert-OH is 2. The monoisotopic (exact) mass is 402 g/mol. The van der Waals surface area contributed by atoms with Gasteiger partial charge in [-0.25, -0.2) is 24.0 Å². The minimum Gasteiger partial charge on any atom is -0.478 e. The van der Waals surface area contributed by atoms with Crippen molar-refractivity contribution in [2.24, 2.45) is 0 Å². The van der Waals surface area contributed by atoms with Gasteiger partial charge in [0.15, 0.2) is 0 Å². The fourth-order valence-corrected chi connectivity index (χ4v) is 2.25. The van der Waals surface area contributed by atoms with Crippen molar-refractivity contribution in [3.05, 3.63) is 70.3 Å². The molecule has 0 unspecified atom stereocenters. The Bertz CT molecular complexity index is 957. The number of cyclic esters (lactones) is 4. The van der Waals surface area contributed by atoms with E-state index >= 15 is 0 Å². The summed E-state index contributed by atoms with van der Waals surface area (Å²) >= 11 is 0. The largest absolute Gasteiger partial charge is 0.478 e. The zero-order valence-corrected chi connectivity index (χ0v) is 14.7. The number of rotatable bonds is 2. The molecule has 2 heterocycles. The van der Waals surface area contributed by atoms with Crippen molar-refractivity contribution in [2.75, 3.05) is 13.2 Å². The Balaban J connectivity index is 0.000000179. The molecule has 0 atom stereocenters. The molecule has 2 aromatic carbocycles. The number of carboxylic acid groups (broad SMARTS) is 1. The first kappa shape index (κ1) is 21.4. The number of carbonyl (C=O) groups is 5. The highest BCUT2D eigenvalue weighted by Crippen LogP contribution is 2.21. The summed E-state index contributed by atoms with van der Waals surface area (Å²) < 4.78 is 8.65. The summed E-state index contributed by atoms with van der Waals surface area (Å²) in [5, 5.41) is 23.9. The SMILES string of the molecule is O=C(O)c1ccc2c(c1)C(=O)OC2=O.O=C1OC(=O)c2ccccc21.OCCO. The minimum atomic E-state index is -1.15. The molecule has 150 valence electrons. The Labute approximate surface area is 162 Å². The van der Waals surface area contributed by atoms with Crippen LogP contribution in [0.5, 0.6) is 0 Å². The summed E-state index contributed by atoms with van der Waals surface area (Å²) in [7, 11) is 0. The molecule has 0 aliphatic carbocycles. The van der Waals surface area contributed by atoms with E-state index in [1.807, 2.05) is 0 Å². The number of aromatic carboxylic acids is 1. The van der Waals surface area contributed by atoms with Crippen LogP contribution in [-0.4, -0.2) is 58.4 Å². The van der Waals surface area contributed by atoms with E-state index < -0.39 is 29.8 Å². The van der Waals surface area contributed by atoms with Gasteiger partial charge in [0.05, 0.1) is 41.0 Å². The van der Waals surface area contributed by atoms with Crippen molar-refractivity contribution in [2.45, 2.75) is 0 Å². The van der Waals surface area contributed by atoms with Gasteiger partial charge in [0, 0.05) is 0 Å². The lowest BCUT2D eigenvalue weighted by molar-refractivity contribution is 0.0425. The predicted molar refractivity (Wildman–Crippen MR) is 93.5 cm³/mol. The molecular weight excluding hydrogens is 388 g/mol. The average Bonchev–Trinajstić information content (AvgIpc) is 3.17. The predicted octanol–water partition coefficient (Wildman–Crippen LogP) is 0.664. The Hall–Kier alpha value is -3.89. The van der Waals surface area contributed by atoms with Gasteiger partial charge >= 0.3 is 29.8 Å². The van der Waals surface area contributed by atoms with Gasteiger partial charge in [-0.1, -0.05) is 12.1 Å². The van der Waals surface area contributed by atoms with Gasteiger partial charge in [0.25, 0.3) is 0 Å². The molecule has 0 fully saturated rings. The second-order valence-electron chi connectivity index (χ2n) is 5.41. The zero-order valence-electron chi connectivity index (χ0n) is 14.7. The smallest absolute Gasteiger partial charge is 0.346 e. The molecule has 3 N–H and O–H groups in total. The number of esters is 4. The van der Waals surface area contributed by atoms with Crippen LogP contribution in [0.1, 0.15) is 51.8 Å². The van der Waals surface area contributed by atoms with E-state index in [1.165, 1.54) is 12.1 Å². The van der Waals surface area contributed by atoms with Crippen molar-refractivity contribution in [3.8, 4) is 0 Å². The van der Waals surface area contributed by atoms with Crippen LogP contribution < -0.4 is 0 Å². The Morgan fingerprint density at radius 3 is 1.52 bits per heavy atom. The standard InChI is InChI=1S/C9H4O5.C8H4O3.C2H6O2/c10-7(11)4-1-2-5-6(3-4)9(13)14-8(5)12;9-7-5-3-1-2-4-6(5)8(10)11-7;3-1-2-4/h1-3H,(H,10,11);1-4H;3-4H,1-2H2. The van der Waals surface area contributed by atoms with Crippen LogP contribution >= 0.6 is 0 Å². The Morgan fingerprint density at radius 2 is 1.10 bits per heavy atom. The lowest BCUT2D eigenvalue weighted by Crippen LogP contribution is -2.00. The molecule has 10 nitrogen and oxygen atoms in total. The van der Waals surface area contributed by atoms with Crippen molar-refractivity contribution < 1.29 is 48.8 Å². The highest BCUT2D eigenvalue weighted by molar-refractivity contribution is 6.15. The summed E-state index contributed by atoms with van der Waals surface area (Å²) in [5.74, 6) is -3.79. The van der Waals surface area contributed by atoms with Crippen LogP contribution in [0.4, 0.5) is 0 Å².